The van der Waals surface area contributed by atoms with Crippen LogP contribution in [0.15, 0.2) is 36.8 Å². The second-order valence-corrected chi connectivity index (χ2v) is 9.13. The van der Waals surface area contributed by atoms with E-state index in [9.17, 15) is 4.79 Å². The highest BCUT2D eigenvalue weighted by Crippen LogP contribution is 2.32. The summed E-state index contributed by atoms with van der Waals surface area (Å²) in [6, 6.07) is 6.08. The number of rotatable bonds is 4. The third-order valence-electron chi connectivity index (χ3n) is 5.13. The highest BCUT2D eigenvalue weighted by Gasteiger charge is 2.18. The van der Waals surface area contributed by atoms with E-state index in [-0.39, 0.29) is 0 Å². The van der Waals surface area contributed by atoms with Crippen LogP contribution in [0.4, 0.5) is 10.6 Å². The zero-order valence-electron chi connectivity index (χ0n) is 21.5. The average Bonchev–Trinajstić information content (AvgIpc) is 3.16. The summed E-state index contributed by atoms with van der Waals surface area (Å²) >= 11 is 0. The summed E-state index contributed by atoms with van der Waals surface area (Å²) in [6.45, 7) is 15.7. The van der Waals surface area contributed by atoms with Gasteiger partial charge in [-0.25, -0.2) is 14.8 Å². The van der Waals surface area contributed by atoms with Crippen molar-refractivity contribution in [3.05, 3.63) is 53.7 Å². The van der Waals surface area contributed by atoms with Crippen LogP contribution in [0.25, 0.3) is 27.7 Å². The maximum absolute atomic E-state index is 12.2. The highest BCUT2D eigenvalue weighted by atomic mass is 16.6. The average molecular weight is 462 g/mol. The van der Waals surface area contributed by atoms with Crippen LogP contribution in [0.1, 0.15) is 64.9 Å². The summed E-state index contributed by atoms with van der Waals surface area (Å²) < 4.78 is 7.39. The summed E-state index contributed by atoms with van der Waals surface area (Å²) in [5, 5.41) is 3.66. The van der Waals surface area contributed by atoms with Crippen LogP contribution in [0.5, 0.6) is 0 Å². The molecule has 0 aromatic carbocycles. The van der Waals surface area contributed by atoms with Crippen LogP contribution in [-0.4, -0.2) is 31.0 Å². The number of pyridine rings is 3. The van der Waals surface area contributed by atoms with Gasteiger partial charge < -0.3 is 4.74 Å². The minimum absolute atomic E-state index is 0.425. The first-order chi connectivity index (χ1) is 16.1. The molecule has 4 rings (SSSR count). The molecule has 0 atom stereocenters. The van der Waals surface area contributed by atoms with E-state index in [1.165, 1.54) is 5.56 Å². The molecule has 34 heavy (non-hydrogen) atoms. The quantitative estimate of drug-likeness (QED) is 0.358. The summed E-state index contributed by atoms with van der Waals surface area (Å²) in [6.07, 6.45) is 7.19. The van der Waals surface area contributed by atoms with Gasteiger partial charge in [0.2, 0.25) is 0 Å². The van der Waals surface area contributed by atoms with Crippen LogP contribution >= 0.6 is 0 Å². The highest BCUT2D eigenvalue weighted by molar-refractivity contribution is 5.94. The van der Waals surface area contributed by atoms with Gasteiger partial charge in [0.1, 0.15) is 17.1 Å². The lowest BCUT2D eigenvalue weighted by Crippen LogP contribution is -2.27. The summed E-state index contributed by atoms with van der Waals surface area (Å²) in [4.78, 5) is 26.1. The minimum atomic E-state index is -0.580. The predicted octanol–water partition coefficient (Wildman–Crippen LogP) is 6.89. The van der Waals surface area contributed by atoms with Crippen molar-refractivity contribution in [2.45, 2.75) is 73.8 Å². The zero-order valence-corrected chi connectivity index (χ0v) is 21.5. The number of imidazole rings is 1. The molecule has 0 fully saturated rings. The minimum Gasteiger partial charge on any atom is -0.444 e. The van der Waals surface area contributed by atoms with Gasteiger partial charge in [0, 0.05) is 46.9 Å². The van der Waals surface area contributed by atoms with Crippen molar-refractivity contribution in [3.8, 4) is 11.1 Å². The Kier molecular flexibility index (Phi) is 7.54. The normalized spacial score (nSPS) is 11.3. The van der Waals surface area contributed by atoms with Gasteiger partial charge in [-0.1, -0.05) is 27.2 Å². The van der Waals surface area contributed by atoms with Gasteiger partial charge in [-0.15, -0.1) is 0 Å². The molecule has 0 saturated carbocycles. The molecule has 0 unspecified atom stereocenters. The van der Waals surface area contributed by atoms with Crippen molar-refractivity contribution in [2.75, 3.05) is 5.32 Å². The molecule has 0 saturated heterocycles. The molecular formula is C27H35N5O2. The van der Waals surface area contributed by atoms with Crippen LogP contribution in [0, 0.1) is 13.8 Å². The van der Waals surface area contributed by atoms with Crippen molar-refractivity contribution < 1.29 is 9.53 Å². The van der Waals surface area contributed by atoms with E-state index in [1.54, 1.807) is 6.20 Å². The Morgan fingerprint density at radius 2 is 1.79 bits per heavy atom. The number of hydrogen-bond acceptors (Lipinski definition) is 5. The molecule has 1 N–H and O–H groups in total. The molecule has 0 bridgehead atoms. The molecule has 7 nitrogen and oxygen atoms in total. The number of amides is 1. The number of nitrogens with zero attached hydrogens (tertiary/aromatic N) is 4. The first-order valence-corrected chi connectivity index (χ1v) is 11.9. The van der Waals surface area contributed by atoms with Crippen molar-refractivity contribution in [2.24, 2.45) is 0 Å². The Bertz CT molecular complexity index is 1320. The summed E-state index contributed by atoms with van der Waals surface area (Å²) in [7, 11) is 0. The lowest BCUT2D eigenvalue weighted by molar-refractivity contribution is 0.0635. The fourth-order valence-corrected chi connectivity index (χ4v) is 3.83. The van der Waals surface area contributed by atoms with E-state index in [0.717, 1.165) is 51.9 Å². The van der Waals surface area contributed by atoms with E-state index < -0.39 is 11.7 Å². The van der Waals surface area contributed by atoms with Crippen molar-refractivity contribution in [1.29, 1.82) is 0 Å². The molecule has 4 aromatic rings. The maximum atomic E-state index is 12.2. The Labute approximate surface area is 201 Å². The van der Waals surface area contributed by atoms with E-state index in [1.807, 2.05) is 64.4 Å². The Morgan fingerprint density at radius 3 is 2.44 bits per heavy atom. The number of hydrogen-bond donors (Lipinski definition) is 1. The number of nitrogens with one attached hydrogen (secondary N) is 1. The topological polar surface area (TPSA) is 81.4 Å². The first kappa shape index (κ1) is 25.1. The number of carbonyl (C=O) groups excluding carboxylic acids is 1. The largest absolute Gasteiger partial charge is 0.444 e. The molecule has 0 aliphatic rings. The number of aryl methyl sites for hydroxylation is 3. The van der Waals surface area contributed by atoms with Crippen LogP contribution in [0.3, 0.4) is 0 Å². The number of aromatic nitrogens is 4. The molecule has 7 heteroatoms. The molecule has 4 aromatic heterocycles. The molecule has 0 radical (unpaired) electrons. The molecule has 1 amide bonds. The van der Waals surface area contributed by atoms with E-state index in [2.05, 4.69) is 41.3 Å². The van der Waals surface area contributed by atoms with Gasteiger partial charge >= 0.3 is 6.09 Å². The van der Waals surface area contributed by atoms with Crippen molar-refractivity contribution in [3.63, 3.8) is 0 Å². The van der Waals surface area contributed by atoms with Gasteiger partial charge in [0.15, 0.2) is 0 Å². The van der Waals surface area contributed by atoms with Crippen LogP contribution in [-0.2, 0) is 11.2 Å². The van der Waals surface area contributed by atoms with E-state index >= 15 is 0 Å². The van der Waals surface area contributed by atoms with Gasteiger partial charge in [-0.05, 0) is 58.7 Å². The zero-order chi connectivity index (χ0) is 25.0. The lowest BCUT2D eigenvalue weighted by atomic mass is 10.0. The molecule has 0 aliphatic carbocycles. The summed E-state index contributed by atoms with van der Waals surface area (Å²) in [5.41, 5.74) is 6.41. The van der Waals surface area contributed by atoms with Crippen molar-refractivity contribution >= 4 is 28.5 Å². The predicted molar refractivity (Wildman–Crippen MR) is 138 cm³/mol. The fourth-order valence-electron chi connectivity index (χ4n) is 3.83. The van der Waals surface area contributed by atoms with E-state index in [0.29, 0.717) is 5.82 Å². The second kappa shape index (κ2) is 10.2. The molecule has 4 heterocycles. The van der Waals surface area contributed by atoms with Crippen LogP contribution < -0.4 is 5.32 Å². The second-order valence-electron chi connectivity index (χ2n) is 9.13. The van der Waals surface area contributed by atoms with Gasteiger partial charge in [0.25, 0.3) is 0 Å². The first-order valence-electron chi connectivity index (χ1n) is 11.9. The van der Waals surface area contributed by atoms with Gasteiger partial charge in [0.05, 0.1) is 11.2 Å². The maximum Gasteiger partial charge on any atom is 0.413 e. The molecule has 180 valence electrons. The van der Waals surface area contributed by atoms with Gasteiger partial charge in [-0.2, -0.15) is 0 Å². The Balaban J connectivity index is 0.00000158. The number of ether oxygens (including phenoxy) is 1. The molecular weight excluding hydrogens is 426 g/mol. The third kappa shape index (κ3) is 5.53. The lowest BCUT2D eigenvalue weighted by Gasteiger charge is -2.19. The fraction of sp³-hybridized carbons (Fsp3) is 0.407. The Hall–Kier alpha value is -3.48. The molecule has 0 aliphatic heterocycles. The SMILES string of the molecule is CC.CCCc1cc(C)c(-c2cc3cnc(NC(=O)OC(C)(C)C)cc3n3cc(C)nc23)cn1. The number of anilines is 1. The number of fused-ring (bicyclic) bond motifs is 3. The molecule has 0 spiro atoms. The monoisotopic (exact) mass is 461 g/mol. The van der Waals surface area contributed by atoms with E-state index in [4.69, 9.17) is 9.72 Å². The standard InChI is InChI=1S/C25H29N5O2.C2H6/c1-7-8-18-9-15(2)20(13-26-18)19-10-17-12-27-22(29-24(31)32-25(4,5)6)11-21(17)30-14-16(3)28-23(19)30;1-2/h9-14H,7-8H2,1-6H3,(H,27,29,31);1-2H3. The van der Waals surface area contributed by atoms with Crippen molar-refractivity contribution in [1.82, 2.24) is 19.4 Å². The smallest absolute Gasteiger partial charge is 0.413 e. The third-order valence-corrected chi connectivity index (χ3v) is 5.13. The van der Waals surface area contributed by atoms with Crippen LogP contribution in [0.2, 0.25) is 0 Å². The van der Waals surface area contributed by atoms with Gasteiger partial charge in [-0.3, -0.25) is 14.7 Å². The Morgan fingerprint density at radius 1 is 1.06 bits per heavy atom. The number of carbonyl (C=O) groups is 1. The summed E-state index contributed by atoms with van der Waals surface area (Å²) in [5.74, 6) is 0.425.